The second kappa shape index (κ2) is 11.3. The van der Waals surface area contributed by atoms with Crippen molar-refractivity contribution < 1.29 is 19.1 Å². The predicted octanol–water partition coefficient (Wildman–Crippen LogP) is 4.30. The average Bonchev–Trinajstić information content (AvgIpc) is 2.77. The molecule has 0 spiro atoms. The van der Waals surface area contributed by atoms with Gasteiger partial charge in [-0.05, 0) is 68.1 Å². The number of hydrazine groups is 1. The zero-order valence-electron chi connectivity index (χ0n) is 19.5. The number of hydrogen-bond donors (Lipinski definition) is 3. The van der Waals surface area contributed by atoms with Crippen LogP contribution < -0.4 is 20.9 Å². The zero-order valence-corrected chi connectivity index (χ0v) is 19.5. The molecule has 172 valence electrons. The minimum absolute atomic E-state index is 0.101. The van der Waals surface area contributed by atoms with Crippen molar-refractivity contribution in [2.24, 2.45) is 5.41 Å². The molecule has 0 unspecified atom stereocenters. The predicted molar refractivity (Wildman–Crippen MR) is 125 cm³/mol. The number of hydrogen-bond acceptors (Lipinski definition) is 4. The molecule has 0 saturated heterocycles. The first-order valence-electron chi connectivity index (χ1n) is 10.8. The van der Waals surface area contributed by atoms with Crippen molar-refractivity contribution in [3.8, 4) is 5.75 Å². The first-order chi connectivity index (χ1) is 15.1. The smallest absolute Gasteiger partial charge is 0.269 e. The highest BCUT2D eigenvalue weighted by atomic mass is 16.5. The van der Waals surface area contributed by atoms with Gasteiger partial charge in [-0.15, -0.1) is 0 Å². The van der Waals surface area contributed by atoms with Crippen molar-refractivity contribution in [2.75, 3.05) is 11.9 Å². The Morgan fingerprint density at radius 1 is 0.969 bits per heavy atom. The van der Waals surface area contributed by atoms with Crippen molar-refractivity contribution in [3.63, 3.8) is 0 Å². The zero-order chi connectivity index (χ0) is 23.7. The highest BCUT2D eigenvalue weighted by Gasteiger charge is 2.27. The quantitative estimate of drug-likeness (QED) is 0.401. The second-order valence-corrected chi connectivity index (χ2v) is 8.49. The minimum Gasteiger partial charge on any atom is -0.493 e. The van der Waals surface area contributed by atoms with E-state index in [0.29, 0.717) is 37.1 Å². The fourth-order valence-electron chi connectivity index (χ4n) is 2.98. The van der Waals surface area contributed by atoms with Gasteiger partial charge in [-0.3, -0.25) is 25.2 Å². The van der Waals surface area contributed by atoms with E-state index in [2.05, 4.69) is 16.2 Å². The van der Waals surface area contributed by atoms with E-state index in [1.165, 1.54) is 0 Å². The van der Waals surface area contributed by atoms with Crippen LogP contribution in [0.25, 0.3) is 0 Å². The number of carbonyl (C=O) groups excluding carboxylic acids is 3. The molecular formula is C25H33N3O4. The number of carbonyl (C=O) groups is 3. The summed E-state index contributed by atoms with van der Waals surface area (Å²) in [6.07, 6.45) is 1.68. The number of anilines is 1. The summed E-state index contributed by atoms with van der Waals surface area (Å²) in [4.78, 5) is 36.3. The van der Waals surface area contributed by atoms with Gasteiger partial charge in [-0.2, -0.15) is 0 Å². The van der Waals surface area contributed by atoms with Gasteiger partial charge in [0.25, 0.3) is 5.91 Å². The first kappa shape index (κ1) is 24.9. The maximum Gasteiger partial charge on any atom is 0.269 e. The summed E-state index contributed by atoms with van der Waals surface area (Å²) in [5.41, 5.74) is 7.49. The Hall–Kier alpha value is -3.35. The summed E-state index contributed by atoms with van der Waals surface area (Å²) in [5, 5.41) is 2.72. The number of amides is 3. The Bertz CT molecular complexity index is 952. The number of ether oxygens (including phenoxy) is 1. The molecule has 0 bridgehead atoms. The molecule has 2 aromatic carbocycles. The van der Waals surface area contributed by atoms with E-state index in [1.807, 2.05) is 45.9 Å². The van der Waals surface area contributed by atoms with Crippen LogP contribution in [0.1, 0.15) is 61.5 Å². The lowest BCUT2D eigenvalue weighted by molar-refractivity contribution is -0.130. The molecule has 7 heteroatoms. The molecule has 0 fully saturated rings. The minimum atomic E-state index is -0.674. The van der Waals surface area contributed by atoms with E-state index in [-0.39, 0.29) is 11.8 Å². The molecule has 0 radical (unpaired) electrons. The van der Waals surface area contributed by atoms with Gasteiger partial charge < -0.3 is 10.1 Å². The molecule has 0 aliphatic rings. The van der Waals surface area contributed by atoms with Crippen LogP contribution in [0, 0.1) is 19.3 Å². The summed E-state index contributed by atoms with van der Waals surface area (Å²) in [5.74, 6) is 0.0566. The third-order valence-corrected chi connectivity index (χ3v) is 5.20. The summed E-state index contributed by atoms with van der Waals surface area (Å²) >= 11 is 0. The van der Waals surface area contributed by atoms with Crippen LogP contribution in [-0.2, 0) is 9.59 Å². The van der Waals surface area contributed by atoms with Crippen molar-refractivity contribution >= 4 is 23.4 Å². The molecule has 0 aliphatic carbocycles. The van der Waals surface area contributed by atoms with Crippen LogP contribution in [-0.4, -0.2) is 24.3 Å². The van der Waals surface area contributed by atoms with Crippen LogP contribution in [0.15, 0.2) is 42.5 Å². The van der Waals surface area contributed by atoms with E-state index in [9.17, 15) is 14.4 Å². The normalized spacial score (nSPS) is 10.9. The molecule has 0 aliphatic heterocycles. The third kappa shape index (κ3) is 7.41. The van der Waals surface area contributed by atoms with Crippen LogP contribution in [0.2, 0.25) is 0 Å². The molecular weight excluding hydrogens is 406 g/mol. The van der Waals surface area contributed by atoms with E-state index in [1.54, 1.807) is 31.2 Å². The standard InChI is InChI=1S/C25H33N3O4/c1-6-22(29)26-20-12-10-19(11-13-20)23(30)27-28-24(31)25(4,5)14-7-15-32-21-16-17(2)8-9-18(21)3/h8-13,16H,6-7,14-15H2,1-5H3,(H,26,29)(H,27,30)(H,28,31). The van der Waals surface area contributed by atoms with Gasteiger partial charge in [-0.25, -0.2) is 0 Å². The molecule has 0 saturated carbocycles. The van der Waals surface area contributed by atoms with Gasteiger partial charge in [0.1, 0.15) is 5.75 Å². The maximum absolute atomic E-state index is 12.6. The largest absolute Gasteiger partial charge is 0.493 e. The van der Waals surface area contributed by atoms with Crippen LogP contribution in [0.4, 0.5) is 5.69 Å². The summed E-state index contributed by atoms with van der Waals surface area (Å²) in [7, 11) is 0. The molecule has 0 heterocycles. The average molecular weight is 440 g/mol. The number of aryl methyl sites for hydroxylation is 2. The lowest BCUT2D eigenvalue weighted by atomic mass is 9.87. The van der Waals surface area contributed by atoms with Gasteiger partial charge in [0, 0.05) is 23.1 Å². The molecule has 32 heavy (non-hydrogen) atoms. The Balaban J connectivity index is 1.78. The van der Waals surface area contributed by atoms with E-state index >= 15 is 0 Å². The molecule has 3 N–H and O–H groups in total. The number of rotatable bonds is 9. The SMILES string of the molecule is CCC(=O)Nc1ccc(C(=O)NNC(=O)C(C)(C)CCCOc2cc(C)ccc2C)cc1. The van der Waals surface area contributed by atoms with Gasteiger partial charge >= 0.3 is 0 Å². The van der Waals surface area contributed by atoms with Gasteiger partial charge in [0.05, 0.1) is 6.61 Å². The fraction of sp³-hybridized carbons (Fsp3) is 0.400. The monoisotopic (exact) mass is 439 g/mol. The first-order valence-corrected chi connectivity index (χ1v) is 10.8. The van der Waals surface area contributed by atoms with E-state index in [0.717, 1.165) is 16.9 Å². The Morgan fingerprint density at radius 3 is 2.31 bits per heavy atom. The van der Waals surface area contributed by atoms with Crippen molar-refractivity contribution in [1.29, 1.82) is 0 Å². The van der Waals surface area contributed by atoms with Crippen LogP contribution in [0.5, 0.6) is 5.75 Å². The van der Waals surface area contributed by atoms with Crippen molar-refractivity contribution in [1.82, 2.24) is 10.9 Å². The fourth-order valence-corrected chi connectivity index (χ4v) is 2.98. The van der Waals surface area contributed by atoms with Gasteiger partial charge in [-0.1, -0.05) is 32.9 Å². The Morgan fingerprint density at radius 2 is 1.66 bits per heavy atom. The summed E-state index contributed by atoms with van der Waals surface area (Å²) in [6, 6.07) is 12.5. The van der Waals surface area contributed by atoms with Gasteiger partial charge in [0.2, 0.25) is 11.8 Å². The third-order valence-electron chi connectivity index (χ3n) is 5.20. The number of benzene rings is 2. The molecule has 3 amide bonds. The van der Waals surface area contributed by atoms with Crippen LogP contribution >= 0.6 is 0 Å². The lowest BCUT2D eigenvalue weighted by Crippen LogP contribution is -2.47. The van der Waals surface area contributed by atoms with E-state index in [4.69, 9.17) is 4.74 Å². The molecule has 2 rings (SSSR count). The summed E-state index contributed by atoms with van der Waals surface area (Å²) in [6.45, 7) is 9.96. The van der Waals surface area contributed by atoms with Crippen LogP contribution in [0.3, 0.4) is 0 Å². The van der Waals surface area contributed by atoms with Crippen molar-refractivity contribution in [2.45, 2.75) is 53.9 Å². The molecule has 0 aromatic heterocycles. The maximum atomic E-state index is 12.6. The van der Waals surface area contributed by atoms with E-state index < -0.39 is 11.3 Å². The molecule has 7 nitrogen and oxygen atoms in total. The highest BCUT2D eigenvalue weighted by molar-refractivity contribution is 5.97. The van der Waals surface area contributed by atoms with Crippen molar-refractivity contribution in [3.05, 3.63) is 59.2 Å². The van der Waals surface area contributed by atoms with Gasteiger partial charge in [0.15, 0.2) is 0 Å². The second-order valence-electron chi connectivity index (χ2n) is 8.49. The Kier molecular flexibility index (Phi) is 8.81. The molecule has 2 aromatic rings. The topological polar surface area (TPSA) is 96.5 Å². The number of nitrogens with one attached hydrogen (secondary N) is 3. The Labute approximate surface area is 189 Å². The highest BCUT2D eigenvalue weighted by Crippen LogP contribution is 2.24. The lowest BCUT2D eigenvalue weighted by Gasteiger charge is -2.23. The molecule has 0 atom stereocenters. The summed E-state index contributed by atoms with van der Waals surface area (Å²) < 4.78 is 5.86.